The lowest BCUT2D eigenvalue weighted by Crippen LogP contribution is -2.52. The third kappa shape index (κ3) is 3.90. The highest BCUT2D eigenvalue weighted by Crippen LogP contribution is 2.27. The summed E-state index contributed by atoms with van der Waals surface area (Å²) in [5.41, 5.74) is 1.21. The summed E-state index contributed by atoms with van der Waals surface area (Å²) in [5, 5.41) is 0. The Morgan fingerprint density at radius 3 is 2.92 bits per heavy atom. The van der Waals surface area contributed by atoms with E-state index in [1.165, 1.54) is 5.56 Å². The number of hydrogen-bond acceptors (Lipinski definition) is 4. The third-order valence-electron chi connectivity index (χ3n) is 4.98. The number of rotatable bonds is 4. The van der Waals surface area contributed by atoms with Gasteiger partial charge < -0.3 is 14.4 Å². The average molecular weight is 332 g/mol. The Morgan fingerprint density at radius 1 is 1.33 bits per heavy atom. The van der Waals surface area contributed by atoms with Crippen molar-refractivity contribution >= 4 is 5.91 Å². The summed E-state index contributed by atoms with van der Waals surface area (Å²) in [7, 11) is 1.91. The SMILES string of the molecule is CC(C)Oc1ccccc1CN1CC[C@H]2COCC(=O)N(C)[C@H]2C1. The van der Waals surface area contributed by atoms with Crippen LogP contribution < -0.4 is 4.74 Å². The average Bonchev–Trinajstić information content (AvgIpc) is 2.69. The minimum absolute atomic E-state index is 0.0906. The van der Waals surface area contributed by atoms with Crippen LogP contribution >= 0.6 is 0 Å². The Morgan fingerprint density at radius 2 is 2.12 bits per heavy atom. The second kappa shape index (κ2) is 7.53. The Labute approximate surface area is 144 Å². The topological polar surface area (TPSA) is 42.0 Å². The molecule has 1 aromatic rings. The fourth-order valence-electron chi connectivity index (χ4n) is 3.65. The Balaban J connectivity index is 1.70. The predicted molar refractivity (Wildman–Crippen MR) is 93.0 cm³/mol. The lowest BCUT2D eigenvalue weighted by molar-refractivity contribution is -0.134. The van der Waals surface area contributed by atoms with E-state index in [1.54, 1.807) is 0 Å². The van der Waals surface area contributed by atoms with E-state index in [1.807, 2.05) is 37.9 Å². The molecule has 2 atom stereocenters. The summed E-state index contributed by atoms with van der Waals surface area (Å²) in [5.74, 6) is 1.50. The van der Waals surface area contributed by atoms with Crippen molar-refractivity contribution in [3.63, 3.8) is 0 Å². The van der Waals surface area contributed by atoms with Gasteiger partial charge in [0.15, 0.2) is 0 Å². The molecular weight excluding hydrogens is 304 g/mol. The molecule has 3 rings (SSSR count). The van der Waals surface area contributed by atoms with Crippen molar-refractivity contribution in [2.24, 2.45) is 5.92 Å². The number of benzene rings is 1. The number of para-hydroxylation sites is 1. The zero-order chi connectivity index (χ0) is 17.1. The minimum atomic E-state index is 0.0906. The van der Waals surface area contributed by atoms with Crippen molar-refractivity contribution in [1.29, 1.82) is 0 Å². The van der Waals surface area contributed by atoms with E-state index in [-0.39, 0.29) is 24.7 Å². The molecule has 1 aromatic carbocycles. The number of hydrogen-bond donors (Lipinski definition) is 0. The molecule has 132 valence electrons. The second-order valence-corrected chi connectivity index (χ2v) is 7.15. The van der Waals surface area contributed by atoms with Crippen LogP contribution in [0.3, 0.4) is 0 Å². The number of nitrogens with zero attached hydrogens (tertiary/aromatic N) is 2. The van der Waals surface area contributed by atoms with E-state index >= 15 is 0 Å². The smallest absolute Gasteiger partial charge is 0.248 e. The van der Waals surface area contributed by atoms with E-state index in [2.05, 4.69) is 17.0 Å². The van der Waals surface area contributed by atoms with Crippen LogP contribution in [0, 0.1) is 5.92 Å². The van der Waals surface area contributed by atoms with Gasteiger partial charge in [0, 0.05) is 37.7 Å². The highest BCUT2D eigenvalue weighted by atomic mass is 16.5. The Bertz CT molecular complexity index is 575. The first-order valence-corrected chi connectivity index (χ1v) is 8.85. The van der Waals surface area contributed by atoms with Gasteiger partial charge in [0.2, 0.25) is 5.91 Å². The van der Waals surface area contributed by atoms with Crippen LogP contribution in [0.2, 0.25) is 0 Å². The molecule has 0 spiro atoms. The maximum atomic E-state index is 12.1. The second-order valence-electron chi connectivity index (χ2n) is 7.15. The van der Waals surface area contributed by atoms with Crippen molar-refractivity contribution in [1.82, 2.24) is 9.80 Å². The highest BCUT2D eigenvalue weighted by Gasteiger charge is 2.36. The maximum Gasteiger partial charge on any atom is 0.248 e. The number of piperidine rings is 1. The first-order valence-electron chi connectivity index (χ1n) is 8.85. The monoisotopic (exact) mass is 332 g/mol. The quantitative estimate of drug-likeness (QED) is 0.847. The van der Waals surface area contributed by atoms with E-state index in [0.717, 1.165) is 31.8 Å². The Kier molecular flexibility index (Phi) is 5.41. The molecule has 0 aliphatic carbocycles. The molecular formula is C19H28N2O3. The summed E-state index contributed by atoms with van der Waals surface area (Å²) in [4.78, 5) is 16.4. The van der Waals surface area contributed by atoms with E-state index < -0.39 is 0 Å². The van der Waals surface area contributed by atoms with Crippen LogP contribution in [0.25, 0.3) is 0 Å². The lowest BCUT2D eigenvalue weighted by atomic mass is 9.91. The number of likely N-dealkylation sites (tertiary alicyclic amines) is 1. The normalized spacial score (nSPS) is 25.5. The summed E-state index contributed by atoms with van der Waals surface area (Å²) in [6, 6.07) is 8.49. The number of ether oxygens (including phenoxy) is 2. The summed E-state index contributed by atoms with van der Waals surface area (Å²) in [6.45, 7) is 7.79. The molecule has 0 saturated carbocycles. The van der Waals surface area contributed by atoms with Gasteiger partial charge in [0.1, 0.15) is 12.4 Å². The fourth-order valence-corrected chi connectivity index (χ4v) is 3.65. The third-order valence-corrected chi connectivity index (χ3v) is 4.98. The first kappa shape index (κ1) is 17.2. The standard InChI is InChI=1S/C19H28N2O3/c1-14(2)24-18-7-5-4-6-15(18)10-21-9-8-16-12-23-13-19(22)20(3)17(16)11-21/h4-7,14,16-17H,8-13H2,1-3H3/t16-,17-/m0/s1. The van der Waals surface area contributed by atoms with Gasteiger partial charge in [-0.2, -0.15) is 0 Å². The van der Waals surface area contributed by atoms with Gasteiger partial charge in [0.05, 0.1) is 12.7 Å². The predicted octanol–water partition coefficient (Wildman–Crippen LogP) is 2.15. The highest BCUT2D eigenvalue weighted by molar-refractivity contribution is 5.77. The molecule has 2 saturated heterocycles. The molecule has 2 aliphatic heterocycles. The number of amides is 1. The van der Waals surface area contributed by atoms with Crippen molar-refractivity contribution in [3.05, 3.63) is 29.8 Å². The number of fused-ring (bicyclic) bond motifs is 1. The molecule has 5 heteroatoms. The van der Waals surface area contributed by atoms with Crippen LogP contribution in [0.15, 0.2) is 24.3 Å². The van der Waals surface area contributed by atoms with Crippen LogP contribution in [-0.2, 0) is 16.1 Å². The van der Waals surface area contributed by atoms with Gasteiger partial charge >= 0.3 is 0 Å². The molecule has 1 amide bonds. The van der Waals surface area contributed by atoms with Crippen LogP contribution in [0.5, 0.6) is 5.75 Å². The molecule has 2 fully saturated rings. The minimum Gasteiger partial charge on any atom is -0.491 e. The van der Waals surface area contributed by atoms with E-state index in [0.29, 0.717) is 12.5 Å². The molecule has 2 heterocycles. The van der Waals surface area contributed by atoms with Gasteiger partial charge in [-0.3, -0.25) is 9.69 Å². The van der Waals surface area contributed by atoms with Crippen molar-refractivity contribution in [2.75, 3.05) is 33.4 Å². The van der Waals surface area contributed by atoms with Crippen molar-refractivity contribution in [3.8, 4) is 5.75 Å². The van der Waals surface area contributed by atoms with Gasteiger partial charge in [-0.1, -0.05) is 18.2 Å². The van der Waals surface area contributed by atoms with Gasteiger partial charge in [-0.25, -0.2) is 0 Å². The summed E-state index contributed by atoms with van der Waals surface area (Å²) in [6.07, 6.45) is 1.23. The largest absolute Gasteiger partial charge is 0.491 e. The van der Waals surface area contributed by atoms with Gasteiger partial charge in [-0.15, -0.1) is 0 Å². The molecule has 0 unspecified atom stereocenters. The van der Waals surface area contributed by atoms with Gasteiger partial charge in [0.25, 0.3) is 0 Å². The van der Waals surface area contributed by atoms with Crippen molar-refractivity contribution in [2.45, 2.75) is 39.0 Å². The molecule has 5 nitrogen and oxygen atoms in total. The van der Waals surface area contributed by atoms with E-state index in [4.69, 9.17) is 9.47 Å². The Hall–Kier alpha value is -1.59. The maximum absolute atomic E-state index is 12.1. The zero-order valence-electron chi connectivity index (χ0n) is 14.9. The van der Waals surface area contributed by atoms with E-state index in [9.17, 15) is 4.79 Å². The lowest BCUT2D eigenvalue weighted by Gasteiger charge is -2.41. The number of carbonyl (C=O) groups excluding carboxylic acids is 1. The first-order chi connectivity index (χ1) is 11.5. The van der Waals surface area contributed by atoms with Crippen LogP contribution in [0.4, 0.5) is 0 Å². The zero-order valence-corrected chi connectivity index (χ0v) is 14.9. The van der Waals surface area contributed by atoms with Crippen molar-refractivity contribution < 1.29 is 14.3 Å². The fraction of sp³-hybridized carbons (Fsp3) is 0.632. The van der Waals surface area contributed by atoms with Crippen LogP contribution in [0.1, 0.15) is 25.8 Å². The molecule has 2 aliphatic rings. The number of likely N-dealkylation sites (N-methyl/N-ethyl adjacent to an activating group) is 1. The molecule has 0 bridgehead atoms. The molecule has 0 aromatic heterocycles. The summed E-state index contributed by atoms with van der Waals surface area (Å²) < 4.78 is 11.5. The molecule has 24 heavy (non-hydrogen) atoms. The van der Waals surface area contributed by atoms with Gasteiger partial charge in [-0.05, 0) is 32.9 Å². The molecule has 0 N–H and O–H groups in total. The number of carbonyl (C=O) groups is 1. The molecule has 0 radical (unpaired) electrons. The summed E-state index contributed by atoms with van der Waals surface area (Å²) >= 11 is 0. The van der Waals surface area contributed by atoms with Crippen LogP contribution in [-0.4, -0.2) is 61.2 Å².